The van der Waals surface area contributed by atoms with E-state index in [4.69, 9.17) is 9.47 Å². The van der Waals surface area contributed by atoms with E-state index in [-0.39, 0.29) is 5.91 Å². The van der Waals surface area contributed by atoms with Crippen LogP contribution in [-0.2, 0) is 4.74 Å². The van der Waals surface area contributed by atoms with Crippen LogP contribution in [0.25, 0.3) is 0 Å². The van der Waals surface area contributed by atoms with Gasteiger partial charge in [-0.2, -0.15) is 0 Å². The van der Waals surface area contributed by atoms with Gasteiger partial charge in [0.15, 0.2) is 0 Å². The number of ether oxygens (including phenoxy) is 2. The van der Waals surface area contributed by atoms with Crippen LogP contribution in [-0.4, -0.2) is 39.0 Å². The Kier molecular flexibility index (Phi) is 6.53. The van der Waals surface area contributed by atoms with E-state index >= 15 is 0 Å². The van der Waals surface area contributed by atoms with E-state index in [0.717, 1.165) is 31.2 Å². The van der Waals surface area contributed by atoms with E-state index in [1.807, 2.05) is 25.1 Å². The molecule has 5 heteroatoms. The number of aryl methyl sites for hydroxylation is 1. The Bertz CT molecular complexity index is 702. The second kappa shape index (κ2) is 9.12. The first-order valence-electron chi connectivity index (χ1n) is 11.6. The van der Waals surface area contributed by atoms with Crippen LogP contribution >= 0.6 is 0 Å². The first-order valence-corrected chi connectivity index (χ1v) is 11.6. The third kappa shape index (κ3) is 5.17. The molecule has 3 aliphatic rings. The fraction of sp³-hybridized carbons (Fsp3) is 0.708. The Balaban J connectivity index is 1.11. The third-order valence-corrected chi connectivity index (χ3v) is 7.42. The Hall–Kier alpha value is -1.49. The van der Waals surface area contributed by atoms with Crippen molar-refractivity contribution >= 4 is 12.6 Å². The lowest BCUT2D eigenvalue weighted by molar-refractivity contribution is 0.0338. The SMILES string of the molecule is COc1cc(C)cc(C(=O)NCC2CC3(CB(CCOC4CCCCC4)C3)C2)c1. The molecule has 0 atom stereocenters. The van der Waals surface area contributed by atoms with Gasteiger partial charge in [-0.15, -0.1) is 0 Å². The molecule has 1 aromatic carbocycles. The van der Waals surface area contributed by atoms with Gasteiger partial charge in [-0.05, 0) is 67.7 Å². The summed E-state index contributed by atoms with van der Waals surface area (Å²) in [5.41, 5.74) is 2.33. The van der Waals surface area contributed by atoms with Crippen LogP contribution in [0.3, 0.4) is 0 Å². The minimum atomic E-state index is 0.0132. The maximum Gasteiger partial charge on any atom is 0.251 e. The lowest BCUT2D eigenvalue weighted by atomic mass is 9.21. The fourth-order valence-electron chi connectivity index (χ4n) is 5.98. The second-order valence-corrected chi connectivity index (χ2v) is 9.92. The molecule has 1 aliphatic heterocycles. The standard InChI is InChI=1S/C24H36BNO3/c1-18-10-20(12-22(11-18)28-2)23(27)26-15-19-13-24(14-19)16-25(17-24)8-9-29-21-6-4-3-5-7-21/h10-12,19,21H,3-9,13-17H2,1-2H3,(H,26,27). The molecule has 29 heavy (non-hydrogen) atoms. The largest absolute Gasteiger partial charge is 0.497 e. The summed E-state index contributed by atoms with van der Waals surface area (Å²) in [7, 11) is 1.64. The number of hydrogen-bond donors (Lipinski definition) is 1. The number of hydrogen-bond acceptors (Lipinski definition) is 3. The molecule has 1 aromatic rings. The molecule has 1 saturated heterocycles. The Morgan fingerprint density at radius 2 is 1.93 bits per heavy atom. The molecule has 4 rings (SSSR count). The van der Waals surface area contributed by atoms with Gasteiger partial charge in [0.1, 0.15) is 12.5 Å². The van der Waals surface area contributed by atoms with Crippen molar-refractivity contribution in [1.82, 2.24) is 5.32 Å². The van der Waals surface area contributed by atoms with E-state index in [1.54, 1.807) is 7.11 Å². The van der Waals surface area contributed by atoms with Gasteiger partial charge >= 0.3 is 0 Å². The molecular weight excluding hydrogens is 361 g/mol. The minimum Gasteiger partial charge on any atom is -0.497 e. The predicted octanol–water partition coefficient (Wildman–Crippen LogP) is 4.99. The number of methoxy groups -OCH3 is 1. The van der Waals surface area contributed by atoms with Crippen LogP contribution in [0, 0.1) is 18.3 Å². The van der Waals surface area contributed by atoms with Gasteiger partial charge < -0.3 is 14.8 Å². The summed E-state index contributed by atoms with van der Waals surface area (Å²) >= 11 is 0. The Morgan fingerprint density at radius 1 is 1.17 bits per heavy atom. The highest BCUT2D eigenvalue weighted by Crippen LogP contribution is 2.60. The highest BCUT2D eigenvalue weighted by atomic mass is 16.5. The number of nitrogens with one attached hydrogen (secondary N) is 1. The molecule has 1 N–H and O–H groups in total. The lowest BCUT2D eigenvalue weighted by Crippen LogP contribution is -2.53. The number of carbonyl (C=O) groups excluding carboxylic acids is 1. The highest BCUT2D eigenvalue weighted by Gasteiger charge is 2.53. The predicted molar refractivity (Wildman–Crippen MR) is 118 cm³/mol. The maximum absolute atomic E-state index is 12.5. The molecule has 0 bridgehead atoms. The van der Waals surface area contributed by atoms with Crippen LogP contribution in [0.5, 0.6) is 5.75 Å². The van der Waals surface area contributed by atoms with Crippen molar-refractivity contribution in [3.8, 4) is 5.75 Å². The summed E-state index contributed by atoms with van der Waals surface area (Å²) < 4.78 is 11.4. The Morgan fingerprint density at radius 3 is 2.66 bits per heavy atom. The molecule has 3 fully saturated rings. The number of carbonyl (C=O) groups is 1. The van der Waals surface area contributed by atoms with E-state index in [1.165, 1.54) is 63.9 Å². The monoisotopic (exact) mass is 397 g/mol. The topological polar surface area (TPSA) is 47.6 Å². The zero-order valence-electron chi connectivity index (χ0n) is 18.2. The second-order valence-electron chi connectivity index (χ2n) is 9.92. The van der Waals surface area contributed by atoms with Crippen molar-refractivity contribution in [3.05, 3.63) is 29.3 Å². The minimum absolute atomic E-state index is 0.0132. The molecule has 1 amide bonds. The number of benzene rings is 1. The molecule has 0 radical (unpaired) electrons. The summed E-state index contributed by atoms with van der Waals surface area (Å²) in [6.45, 7) is 4.62. The molecule has 0 unspecified atom stereocenters. The van der Waals surface area contributed by atoms with E-state index < -0.39 is 0 Å². The Labute approximate surface area is 176 Å². The van der Waals surface area contributed by atoms with Gasteiger partial charge in [-0.1, -0.05) is 38.2 Å². The molecular formula is C24H36BNO3. The summed E-state index contributed by atoms with van der Waals surface area (Å²) in [4.78, 5) is 12.5. The van der Waals surface area contributed by atoms with Gasteiger partial charge in [0.25, 0.3) is 5.91 Å². The van der Waals surface area contributed by atoms with E-state index in [0.29, 0.717) is 23.0 Å². The van der Waals surface area contributed by atoms with Crippen molar-refractivity contribution < 1.29 is 14.3 Å². The molecule has 158 valence electrons. The van der Waals surface area contributed by atoms with Crippen LogP contribution in [0.1, 0.15) is 60.9 Å². The van der Waals surface area contributed by atoms with Gasteiger partial charge in [-0.3, -0.25) is 4.79 Å². The fourth-order valence-corrected chi connectivity index (χ4v) is 5.98. The zero-order valence-corrected chi connectivity index (χ0v) is 18.2. The van der Waals surface area contributed by atoms with Crippen LogP contribution in [0.4, 0.5) is 0 Å². The first kappa shape index (κ1) is 20.8. The quantitative estimate of drug-likeness (QED) is 0.629. The summed E-state index contributed by atoms with van der Waals surface area (Å²) in [5, 5.41) is 3.13. The molecule has 0 aromatic heterocycles. The number of rotatable bonds is 8. The maximum atomic E-state index is 12.5. The molecule has 4 nitrogen and oxygen atoms in total. The average Bonchev–Trinajstić information content (AvgIpc) is 2.67. The van der Waals surface area contributed by atoms with Crippen molar-refractivity contribution in [2.45, 2.75) is 76.9 Å². The summed E-state index contributed by atoms with van der Waals surface area (Å²) in [5.74, 6) is 1.40. The van der Waals surface area contributed by atoms with Crippen molar-refractivity contribution in [2.75, 3.05) is 20.3 Å². The van der Waals surface area contributed by atoms with E-state index in [2.05, 4.69) is 5.32 Å². The summed E-state index contributed by atoms with van der Waals surface area (Å²) in [6, 6.07) is 5.68. The average molecular weight is 397 g/mol. The lowest BCUT2D eigenvalue weighted by Gasteiger charge is -2.57. The summed E-state index contributed by atoms with van der Waals surface area (Å²) in [6.07, 6.45) is 13.8. The van der Waals surface area contributed by atoms with Gasteiger partial charge in [0.2, 0.25) is 0 Å². The smallest absolute Gasteiger partial charge is 0.251 e. The molecule has 2 saturated carbocycles. The van der Waals surface area contributed by atoms with Crippen molar-refractivity contribution in [3.63, 3.8) is 0 Å². The van der Waals surface area contributed by atoms with Crippen LogP contribution in [0.15, 0.2) is 18.2 Å². The van der Waals surface area contributed by atoms with Gasteiger partial charge in [0, 0.05) is 18.7 Å². The first-order chi connectivity index (χ1) is 14.0. The number of amides is 1. The zero-order chi connectivity index (χ0) is 20.3. The van der Waals surface area contributed by atoms with Crippen molar-refractivity contribution in [1.29, 1.82) is 0 Å². The van der Waals surface area contributed by atoms with Crippen LogP contribution in [0.2, 0.25) is 19.0 Å². The molecule has 2 aliphatic carbocycles. The van der Waals surface area contributed by atoms with Gasteiger partial charge in [0.05, 0.1) is 13.2 Å². The van der Waals surface area contributed by atoms with Crippen LogP contribution < -0.4 is 10.1 Å². The van der Waals surface area contributed by atoms with Crippen molar-refractivity contribution in [2.24, 2.45) is 11.3 Å². The van der Waals surface area contributed by atoms with Gasteiger partial charge in [-0.25, -0.2) is 0 Å². The third-order valence-electron chi connectivity index (χ3n) is 7.42. The van der Waals surface area contributed by atoms with E-state index in [9.17, 15) is 4.79 Å². The molecule has 1 spiro atoms. The highest BCUT2D eigenvalue weighted by molar-refractivity contribution is 6.62. The normalized spacial score (nSPS) is 21.5. The molecule has 1 heterocycles.